The van der Waals surface area contributed by atoms with E-state index in [4.69, 9.17) is 0 Å². The predicted octanol–water partition coefficient (Wildman–Crippen LogP) is 6.30. The van der Waals surface area contributed by atoms with Crippen LogP contribution in [0.4, 0.5) is 0 Å². The van der Waals surface area contributed by atoms with Crippen LogP contribution in [0.3, 0.4) is 0 Å². The summed E-state index contributed by atoms with van der Waals surface area (Å²) in [6, 6.07) is 31.0. The number of fused-ring (bicyclic) bond motifs is 4. The van der Waals surface area contributed by atoms with Crippen molar-refractivity contribution in [3.8, 4) is 0 Å². The fraction of sp³-hybridized carbons (Fsp3) is 0. The van der Waals surface area contributed by atoms with E-state index in [1.54, 1.807) is 0 Å². The van der Waals surface area contributed by atoms with Gasteiger partial charge >= 0.3 is 0 Å². The zero-order chi connectivity index (χ0) is 14.5. The molecule has 0 fully saturated rings. The van der Waals surface area contributed by atoms with E-state index in [2.05, 4.69) is 84.9 Å². The zero-order valence-corrected chi connectivity index (χ0v) is 12.1. The van der Waals surface area contributed by atoms with Crippen LogP contribution in [0.25, 0.3) is 43.1 Å². The third-order valence-electron chi connectivity index (χ3n) is 4.55. The Bertz CT molecular complexity index is 1170. The molecule has 22 heavy (non-hydrogen) atoms. The first-order valence-corrected chi connectivity index (χ1v) is 7.62. The molecule has 0 atom stereocenters. The zero-order valence-electron chi connectivity index (χ0n) is 12.1. The second-order valence-electron chi connectivity index (χ2n) is 5.94. The molecule has 0 aliphatic rings. The monoisotopic (exact) mass is 278 g/mol. The Morgan fingerprint density at radius 2 is 0.591 bits per heavy atom. The Morgan fingerprint density at radius 1 is 0.273 bits per heavy atom. The van der Waals surface area contributed by atoms with E-state index < -0.39 is 0 Å². The number of benzene rings is 3. The maximum atomic E-state index is 2.31. The summed E-state index contributed by atoms with van der Waals surface area (Å²) in [7, 11) is 0. The van der Waals surface area contributed by atoms with Gasteiger partial charge in [0.1, 0.15) is 0 Å². The van der Waals surface area contributed by atoms with Crippen LogP contribution in [-0.2, 0) is 0 Å². The number of rotatable bonds is 0. The normalized spacial score (nSPS) is 11.6. The maximum Gasteiger partial charge on any atom is -0.0171 e. The molecule has 0 spiro atoms. The predicted molar refractivity (Wildman–Crippen MR) is 96.5 cm³/mol. The van der Waals surface area contributed by atoms with E-state index in [-0.39, 0.29) is 0 Å². The highest BCUT2D eigenvalue weighted by Gasteiger charge is 2.01. The minimum atomic E-state index is 1.29. The fourth-order valence-corrected chi connectivity index (χ4v) is 3.37. The Kier molecular flexibility index (Phi) is 2.31. The van der Waals surface area contributed by atoms with E-state index in [1.165, 1.54) is 43.1 Å². The van der Waals surface area contributed by atoms with Gasteiger partial charge in [0, 0.05) is 0 Å². The van der Waals surface area contributed by atoms with Crippen LogP contribution >= 0.6 is 0 Å². The van der Waals surface area contributed by atoms with Crippen molar-refractivity contribution >= 4 is 43.1 Å². The van der Waals surface area contributed by atoms with Crippen molar-refractivity contribution in [1.29, 1.82) is 0 Å². The van der Waals surface area contributed by atoms with Crippen molar-refractivity contribution in [2.24, 2.45) is 0 Å². The molecule has 0 nitrogen and oxygen atoms in total. The molecule has 0 unspecified atom stereocenters. The Labute approximate surface area is 128 Å². The van der Waals surface area contributed by atoms with Crippen LogP contribution < -0.4 is 0 Å². The lowest BCUT2D eigenvalue weighted by Crippen LogP contribution is -1.72. The molecule has 0 bridgehead atoms. The van der Waals surface area contributed by atoms with Crippen molar-refractivity contribution < 1.29 is 0 Å². The van der Waals surface area contributed by atoms with Crippen molar-refractivity contribution in [3.63, 3.8) is 0 Å². The SMILES string of the molecule is c1ccc2cc3cc4cc5cccc5cc4ccc3cc2c1. The summed E-state index contributed by atoms with van der Waals surface area (Å²) in [6.45, 7) is 0. The molecule has 0 heterocycles. The number of hydrogen-bond acceptors (Lipinski definition) is 0. The molecule has 0 aromatic heterocycles. The van der Waals surface area contributed by atoms with E-state index in [1.807, 2.05) is 0 Å². The van der Waals surface area contributed by atoms with Gasteiger partial charge in [-0.1, -0.05) is 54.6 Å². The molecule has 0 aliphatic heterocycles. The van der Waals surface area contributed by atoms with Gasteiger partial charge in [-0.3, -0.25) is 0 Å². The van der Waals surface area contributed by atoms with Crippen molar-refractivity contribution in [1.82, 2.24) is 0 Å². The lowest BCUT2D eigenvalue weighted by molar-refractivity contribution is 1.80. The van der Waals surface area contributed by atoms with Crippen molar-refractivity contribution in [2.75, 3.05) is 0 Å². The minimum Gasteiger partial charge on any atom is -0.0616 e. The highest BCUT2D eigenvalue weighted by molar-refractivity contribution is 6.05. The molecule has 0 amide bonds. The highest BCUT2D eigenvalue weighted by Crippen LogP contribution is 2.28. The molecule has 0 aliphatic carbocycles. The van der Waals surface area contributed by atoms with Gasteiger partial charge in [-0.05, 0) is 73.4 Å². The van der Waals surface area contributed by atoms with Gasteiger partial charge in [-0.25, -0.2) is 0 Å². The molecule has 0 heteroatoms. The second-order valence-corrected chi connectivity index (χ2v) is 5.94. The largest absolute Gasteiger partial charge is 0.0616 e. The Hall–Kier alpha value is -2.86. The summed E-state index contributed by atoms with van der Waals surface area (Å²) in [6.07, 6.45) is 0. The molecule has 0 radical (unpaired) electrons. The fourth-order valence-electron chi connectivity index (χ4n) is 3.37. The van der Waals surface area contributed by atoms with Gasteiger partial charge in [-0.15, -0.1) is 0 Å². The molecule has 5 rings (SSSR count). The first-order chi connectivity index (χ1) is 10.9. The highest BCUT2D eigenvalue weighted by atomic mass is 14.1. The van der Waals surface area contributed by atoms with Crippen molar-refractivity contribution in [2.45, 2.75) is 0 Å². The van der Waals surface area contributed by atoms with Crippen LogP contribution in [-0.4, -0.2) is 0 Å². The van der Waals surface area contributed by atoms with E-state index >= 15 is 0 Å². The van der Waals surface area contributed by atoms with Gasteiger partial charge in [0.05, 0.1) is 0 Å². The van der Waals surface area contributed by atoms with Gasteiger partial charge in [0.25, 0.3) is 0 Å². The van der Waals surface area contributed by atoms with Crippen LogP contribution in [0, 0.1) is 0 Å². The standard InChI is InChI=1S/C22H14/c1-2-5-16-12-21-14-22-13-18-7-3-6-17(18)11-20(22)9-8-19(21)10-15(16)4-1/h1-14H. The third kappa shape index (κ3) is 1.71. The van der Waals surface area contributed by atoms with Crippen LogP contribution in [0.15, 0.2) is 84.9 Å². The lowest BCUT2D eigenvalue weighted by Gasteiger charge is -1.99. The van der Waals surface area contributed by atoms with Gasteiger partial charge in [0.2, 0.25) is 0 Å². The maximum absolute atomic E-state index is 2.31. The molecule has 0 saturated carbocycles. The van der Waals surface area contributed by atoms with Crippen LogP contribution in [0.1, 0.15) is 0 Å². The van der Waals surface area contributed by atoms with Gasteiger partial charge in [0.15, 0.2) is 0 Å². The molecular formula is C22H14. The van der Waals surface area contributed by atoms with Crippen molar-refractivity contribution in [3.05, 3.63) is 84.9 Å². The van der Waals surface area contributed by atoms with E-state index in [9.17, 15) is 0 Å². The average molecular weight is 278 g/mol. The first-order valence-electron chi connectivity index (χ1n) is 7.62. The third-order valence-corrected chi connectivity index (χ3v) is 4.55. The van der Waals surface area contributed by atoms with Gasteiger partial charge in [-0.2, -0.15) is 0 Å². The van der Waals surface area contributed by atoms with Gasteiger partial charge < -0.3 is 0 Å². The summed E-state index contributed by atoms with van der Waals surface area (Å²) in [5.41, 5.74) is 0. The summed E-state index contributed by atoms with van der Waals surface area (Å²) < 4.78 is 0. The molecular weight excluding hydrogens is 264 g/mol. The summed E-state index contributed by atoms with van der Waals surface area (Å²) >= 11 is 0. The topological polar surface area (TPSA) is 0 Å². The van der Waals surface area contributed by atoms with Crippen LogP contribution in [0.5, 0.6) is 0 Å². The quantitative estimate of drug-likeness (QED) is 0.312. The minimum absolute atomic E-state index is 1.29. The number of hydrogen-bond donors (Lipinski definition) is 0. The lowest BCUT2D eigenvalue weighted by atomic mass is 10.1. The Balaban J connectivity index is 1.96. The smallest absolute Gasteiger partial charge is 0.0171 e. The summed E-state index contributed by atoms with van der Waals surface area (Å²) in [4.78, 5) is 0. The second kappa shape index (κ2) is 4.32. The average Bonchev–Trinajstić information content (AvgIpc) is 2.92. The molecule has 0 saturated heterocycles. The summed E-state index contributed by atoms with van der Waals surface area (Å²) in [5.74, 6) is 0. The molecule has 0 N–H and O–H groups in total. The van der Waals surface area contributed by atoms with Crippen LogP contribution in [0.2, 0.25) is 0 Å². The molecule has 5 aromatic rings. The molecule has 5 aromatic carbocycles. The summed E-state index contributed by atoms with van der Waals surface area (Å²) in [5, 5.41) is 10.4. The first kappa shape index (κ1) is 11.8. The molecule has 102 valence electrons. The van der Waals surface area contributed by atoms with E-state index in [0.717, 1.165) is 0 Å². The Morgan fingerprint density at radius 3 is 1.09 bits per heavy atom. The van der Waals surface area contributed by atoms with E-state index in [0.29, 0.717) is 0 Å².